The highest BCUT2D eigenvalue weighted by Crippen LogP contribution is 2.25. The summed E-state index contributed by atoms with van der Waals surface area (Å²) in [7, 11) is 0. The van der Waals surface area contributed by atoms with Gasteiger partial charge in [0.15, 0.2) is 0 Å². The van der Waals surface area contributed by atoms with Gasteiger partial charge in [-0.05, 0) is 55.4 Å². The van der Waals surface area contributed by atoms with E-state index >= 15 is 0 Å². The van der Waals surface area contributed by atoms with Crippen molar-refractivity contribution in [1.82, 2.24) is 10.2 Å². The standard InChI is InChI=1S/C20H29N3O2/c1-13-7-14(2)11-22(10-13)20(25)21-17-9-19(24)23(12-17)18-6-5-15(3)16(4)8-18/h5-6,8,13-14,17H,7,9-12H2,1-4H3,(H,21,25). The number of urea groups is 1. The minimum Gasteiger partial charge on any atom is -0.333 e. The lowest BCUT2D eigenvalue weighted by Gasteiger charge is -2.35. The predicted octanol–water partition coefficient (Wildman–Crippen LogP) is 3.10. The monoisotopic (exact) mass is 343 g/mol. The number of piperidine rings is 1. The van der Waals surface area contributed by atoms with Gasteiger partial charge in [0.05, 0.1) is 6.04 Å². The molecule has 136 valence electrons. The maximum absolute atomic E-state index is 12.6. The van der Waals surface area contributed by atoms with Gasteiger partial charge < -0.3 is 15.1 Å². The van der Waals surface area contributed by atoms with Crippen molar-refractivity contribution in [3.8, 4) is 0 Å². The molecule has 2 saturated heterocycles. The number of amides is 3. The normalized spacial score (nSPS) is 26.9. The highest BCUT2D eigenvalue weighted by Gasteiger charge is 2.33. The maximum atomic E-state index is 12.6. The van der Waals surface area contributed by atoms with Crippen LogP contribution in [0.2, 0.25) is 0 Å². The van der Waals surface area contributed by atoms with Crippen molar-refractivity contribution in [3.63, 3.8) is 0 Å². The first kappa shape index (κ1) is 17.8. The average molecular weight is 343 g/mol. The Hall–Kier alpha value is -2.04. The molecule has 5 heteroatoms. The lowest BCUT2D eigenvalue weighted by atomic mass is 9.92. The van der Waals surface area contributed by atoms with Crippen molar-refractivity contribution in [3.05, 3.63) is 29.3 Å². The molecule has 0 aliphatic carbocycles. The Morgan fingerprint density at radius 1 is 1.08 bits per heavy atom. The Morgan fingerprint density at radius 3 is 2.40 bits per heavy atom. The molecule has 1 aromatic rings. The second-order valence-corrected chi connectivity index (χ2v) is 7.97. The molecule has 0 radical (unpaired) electrons. The zero-order valence-electron chi connectivity index (χ0n) is 15.7. The molecule has 2 fully saturated rings. The van der Waals surface area contributed by atoms with Crippen LogP contribution in [0.15, 0.2) is 18.2 Å². The smallest absolute Gasteiger partial charge is 0.317 e. The number of likely N-dealkylation sites (tertiary alicyclic amines) is 1. The molecule has 1 N–H and O–H groups in total. The van der Waals surface area contributed by atoms with E-state index in [1.807, 2.05) is 23.1 Å². The van der Waals surface area contributed by atoms with Crippen molar-refractivity contribution in [2.24, 2.45) is 11.8 Å². The van der Waals surface area contributed by atoms with E-state index in [1.54, 1.807) is 4.90 Å². The molecule has 2 aliphatic heterocycles. The number of carbonyl (C=O) groups is 2. The van der Waals surface area contributed by atoms with Gasteiger partial charge in [0, 0.05) is 31.7 Å². The van der Waals surface area contributed by atoms with E-state index in [-0.39, 0.29) is 18.0 Å². The summed E-state index contributed by atoms with van der Waals surface area (Å²) in [5.74, 6) is 1.15. The summed E-state index contributed by atoms with van der Waals surface area (Å²) in [6.07, 6.45) is 1.55. The van der Waals surface area contributed by atoms with Crippen molar-refractivity contribution >= 4 is 17.6 Å². The Labute approximate surface area is 150 Å². The van der Waals surface area contributed by atoms with Gasteiger partial charge in [-0.15, -0.1) is 0 Å². The minimum atomic E-state index is -0.117. The van der Waals surface area contributed by atoms with Gasteiger partial charge in [-0.3, -0.25) is 4.79 Å². The Bertz CT molecular complexity index is 663. The average Bonchev–Trinajstić information content (AvgIpc) is 2.89. The first-order valence-corrected chi connectivity index (χ1v) is 9.26. The van der Waals surface area contributed by atoms with E-state index in [0.29, 0.717) is 24.8 Å². The summed E-state index contributed by atoms with van der Waals surface area (Å²) >= 11 is 0. The van der Waals surface area contributed by atoms with Crippen molar-refractivity contribution in [2.75, 3.05) is 24.5 Å². The molecule has 1 aromatic carbocycles. The van der Waals surface area contributed by atoms with Gasteiger partial charge in [0.2, 0.25) is 5.91 Å². The quantitative estimate of drug-likeness (QED) is 0.897. The van der Waals surface area contributed by atoms with Crippen LogP contribution >= 0.6 is 0 Å². The molecule has 0 bridgehead atoms. The lowest BCUT2D eigenvalue weighted by Crippen LogP contribution is -2.50. The van der Waals surface area contributed by atoms with Crippen LogP contribution < -0.4 is 10.2 Å². The fourth-order valence-corrected chi connectivity index (χ4v) is 4.04. The molecule has 2 aliphatic rings. The Balaban J connectivity index is 1.62. The van der Waals surface area contributed by atoms with Crippen molar-refractivity contribution in [1.29, 1.82) is 0 Å². The summed E-state index contributed by atoms with van der Waals surface area (Å²) in [5.41, 5.74) is 3.31. The number of carbonyl (C=O) groups excluding carboxylic acids is 2. The number of hydrogen-bond acceptors (Lipinski definition) is 2. The van der Waals surface area contributed by atoms with Crippen LogP contribution in [0.25, 0.3) is 0 Å². The molecule has 5 nitrogen and oxygen atoms in total. The second-order valence-electron chi connectivity index (χ2n) is 7.97. The van der Waals surface area contributed by atoms with Gasteiger partial charge in [-0.2, -0.15) is 0 Å². The van der Waals surface area contributed by atoms with Crippen LogP contribution in [0.5, 0.6) is 0 Å². The highest BCUT2D eigenvalue weighted by molar-refractivity contribution is 5.97. The van der Waals surface area contributed by atoms with Crippen LogP contribution in [-0.4, -0.2) is 42.5 Å². The summed E-state index contributed by atoms with van der Waals surface area (Å²) < 4.78 is 0. The van der Waals surface area contributed by atoms with Crippen LogP contribution in [0.4, 0.5) is 10.5 Å². The fourth-order valence-electron chi connectivity index (χ4n) is 4.04. The maximum Gasteiger partial charge on any atom is 0.317 e. The molecule has 3 rings (SSSR count). The summed E-state index contributed by atoms with van der Waals surface area (Å²) in [6, 6.07) is 5.93. The largest absolute Gasteiger partial charge is 0.333 e. The van der Waals surface area contributed by atoms with Crippen LogP contribution in [0.3, 0.4) is 0 Å². The first-order valence-electron chi connectivity index (χ1n) is 9.26. The highest BCUT2D eigenvalue weighted by atomic mass is 16.2. The second kappa shape index (κ2) is 7.06. The predicted molar refractivity (Wildman–Crippen MR) is 99.7 cm³/mol. The van der Waals surface area contributed by atoms with Crippen LogP contribution in [-0.2, 0) is 4.79 Å². The van der Waals surface area contributed by atoms with Gasteiger partial charge in [0.25, 0.3) is 0 Å². The zero-order chi connectivity index (χ0) is 18.1. The molecule has 3 amide bonds. The van der Waals surface area contributed by atoms with Crippen LogP contribution in [0.1, 0.15) is 37.8 Å². The number of aryl methyl sites for hydroxylation is 2. The van der Waals surface area contributed by atoms with Gasteiger partial charge in [0.1, 0.15) is 0 Å². The molecule has 0 aromatic heterocycles. The lowest BCUT2D eigenvalue weighted by molar-refractivity contribution is -0.117. The number of nitrogens with zero attached hydrogens (tertiary/aromatic N) is 2. The number of hydrogen-bond donors (Lipinski definition) is 1. The summed E-state index contributed by atoms with van der Waals surface area (Å²) in [6.45, 7) is 10.7. The molecule has 0 spiro atoms. The van der Waals surface area contributed by atoms with Gasteiger partial charge in [-0.25, -0.2) is 4.79 Å². The van der Waals surface area contributed by atoms with Gasteiger partial charge in [-0.1, -0.05) is 19.9 Å². The summed E-state index contributed by atoms with van der Waals surface area (Å²) in [4.78, 5) is 28.7. The van der Waals surface area contributed by atoms with E-state index < -0.39 is 0 Å². The molecule has 0 saturated carbocycles. The Morgan fingerprint density at radius 2 is 1.76 bits per heavy atom. The van der Waals surface area contributed by atoms with Gasteiger partial charge >= 0.3 is 6.03 Å². The van der Waals surface area contributed by atoms with Crippen molar-refractivity contribution < 1.29 is 9.59 Å². The fraction of sp³-hybridized carbons (Fsp3) is 0.600. The zero-order valence-corrected chi connectivity index (χ0v) is 15.7. The van der Waals surface area contributed by atoms with E-state index in [4.69, 9.17) is 0 Å². The number of nitrogens with one attached hydrogen (secondary N) is 1. The van der Waals surface area contributed by atoms with E-state index in [9.17, 15) is 9.59 Å². The molecule has 3 atom stereocenters. The Kier molecular flexibility index (Phi) is 5.02. The molecular formula is C20H29N3O2. The van der Waals surface area contributed by atoms with Crippen LogP contribution in [0, 0.1) is 25.7 Å². The minimum absolute atomic E-state index is 0.0295. The SMILES string of the molecule is Cc1ccc(N2CC(NC(=O)N3CC(C)CC(C)C3)CC2=O)cc1C. The third kappa shape index (κ3) is 3.97. The van der Waals surface area contributed by atoms with E-state index in [1.165, 1.54) is 17.5 Å². The molecular weight excluding hydrogens is 314 g/mol. The third-order valence-corrected chi connectivity index (χ3v) is 5.41. The third-order valence-electron chi connectivity index (χ3n) is 5.41. The number of benzene rings is 1. The summed E-state index contributed by atoms with van der Waals surface area (Å²) in [5, 5.41) is 3.07. The first-order chi connectivity index (χ1) is 11.8. The van der Waals surface area contributed by atoms with Crippen molar-refractivity contribution in [2.45, 2.75) is 46.6 Å². The molecule has 3 unspecified atom stereocenters. The van der Waals surface area contributed by atoms with E-state index in [2.05, 4.69) is 33.0 Å². The topological polar surface area (TPSA) is 52.7 Å². The number of anilines is 1. The molecule has 25 heavy (non-hydrogen) atoms. The molecule has 2 heterocycles. The van der Waals surface area contributed by atoms with E-state index in [0.717, 1.165) is 18.8 Å². The number of rotatable bonds is 2.